The van der Waals surface area contributed by atoms with E-state index >= 15 is 0 Å². The maximum atomic E-state index is 12.3. The van der Waals surface area contributed by atoms with Gasteiger partial charge in [-0.15, -0.1) is 0 Å². The van der Waals surface area contributed by atoms with Crippen LogP contribution in [0.15, 0.2) is 48.5 Å². The van der Waals surface area contributed by atoms with Gasteiger partial charge >= 0.3 is 12.1 Å². The summed E-state index contributed by atoms with van der Waals surface area (Å²) < 4.78 is 10.4. The number of methoxy groups -OCH3 is 1. The molecule has 0 aliphatic heterocycles. The number of hydrogen-bond donors (Lipinski definition) is 3. The first-order chi connectivity index (χ1) is 14.8. The number of amides is 2. The van der Waals surface area contributed by atoms with Gasteiger partial charge in [-0.25, -0.2) is 9.59 Å². The first-order valence-corrected chi connectivity index (χ1v) is 10.0. The van der Waals surface area contributed by atoms with E-state index in [1.807, 2.05) is 48.5 Å². The minimum atomic E-state index is -1.23. The summed E-state index contributed by atoms with van der Waals surface area (Å²) in [5.41, 5.74) is 4.40. The van der Waals surface area contributed by atoms with E-state index in [0.717, 1.165) is 22.3 Å². The van der Waals surface area contributed by atoms with Crippen molar-refractivity contribution in [3.8, 4) is 11.1 Å². The number of ether oxygens (including phenoxy) is 2. The standard InChI is InChI=1S/C23H26N2O6/c1-13(21(26)25-20(22(27)28)14(2)30-3)24-23(29)31-12-19-17-10-6-4-8-15(17)16-9-5-7-11-18(16)19/h4-11,13-14,19-20H,12H2,1-3H3,(H,24,29)(H,25,26)(H,27,28)/t13-,14+,20-/m0/s1. The second-order valence-corrected chi connectivity index (χ2v) is 7.46. The summed E-state index contributed by atoms with van der Waals surface area (Å²) in [5, 5.41) is 14.1. The smallest absolute Gasteiger partial charge is 0.407 e. The summed E-state index contributed by atoms with van der Waals surface area (Å²) in [7, 11) is 1.35. The molecule has 0 radical (unpaired) electrons. The third-order valence-electron chi connectivity index (χ3n) is 5.48. The topological polar surface area (TPSA) is 114 Å². The van der Waals surface area contributed by atoms with Crippen LogP contribution < -0.4 is 10.6 Å². The Morgan fingerprint density at radius 2 is 1.52 bits per heavy atom. The number of carbonyl (C=O) groups excluding carboxylic acids is 2. The number of alkyl carbamates (subject to hydrolysis) is 1. The lowest BCUT2D eigenvalue weighted by atomic mass is 9.98. The van der Waals surface area contributed by atoms with Gasteiger partial charge in [0.05, 0.1) is 6.10 Å². The highest BCUT2D eigenvalue weighted by molar-refractivity contribution is 5.89. The van der Waals surface area contributed by atoms with Crippen LogP contribution in [-0.4, -0.2) is 55.0 Å². The summed E-state index contributed by atoms with van der Waals surface area (Å²) in [5.74, 6) is -1.97. The number of hydrogen-bond acceptors (Lipinski definition) is 5. The van der Waals surface area contributed by atoms with Crippen molar-refractivity contribution in [3.63, 3.8) is 0 Å². The molecular weight excluding hydrogens is 400 g/mol. The second kappa shape index (κ2) is 9.61. The monoisotopic (exact) mass is 426 g/mol. The molecule has 1 aliphatic rings. The molecule has 0 saturated carbocycles. The molecule has 1 aliphatic carbocycles. The molecule has 8 nitrogen and oxygen atoms in total. The Bertz CT molecular complexity index is 931. The Morgan fingerprint density at radius 3 is 2.03 bits per heavy atom. The average molecular weight is 426 g/mol. The fourth-order valence-electron chi connectivity index (χ4n) is 3.68. The zero-order valence-corrected chi connectivity index (χ0v) is 17.6. The van der Waals surface area contributed by atoms with Crippen molar-refractivity contribution in [2.75, 3.05) is 13.7 Å². The van der Waals surface area contributed by atoms with E-state index < -0.39 is 36.2 Å². The number of carboxylic acid groups (broad SMARTS) is 1. The maximum Gasteiger partial charge on any atom is 0.407 e. The van der Waals surface area contributed by atoms with E-state index in [2.05, 4.69) is 10.6 Å². The number of fused-ring (bicyclic) bond motifs is 3. The van der Waals surface area contributed by atoms with Crippen LogP contribution in [0.3, 0.4) is 0 Å². The second-order valence-electron chi connectivity index (χ2n) is 7.46. The van der Waals surface area contributed by atoms with Gasteiger partial charge in [0.15, 0.2) is 6.04 Å². The molecule has 0 spiro atoms. The average Bonchev–Trinajstić information content (AvgIpc) is 3.08. The number of aliphatic carboxylic acids is 1. The zero-order chi connectivity index (χ0) is 22.5. The maximum absolute atomic E-state index is 12.3. The lowest BCUT2D eigenvalue weighted by Crippen LogP contribution is -2.54. The van der Waals surface area contributed by atoms with Crippen molar-refractivity contribution in [1.29, 1.82) is 0 Å². The van der Waals surface area contributed by atoms with Crippen molar-refractivity contribution in [2.45, 2.75) is 38.0 Å². The number of nitrogens with one attached hydrogen (secondary N) is 2. The van der Waals surface area contributed by atoms with Gasteiger partial charge in [0.1, 0.15) is 12.6 Å². The Kier molecular flexibility index (Phi) is 6.91. The Morgan fingerprint density at radius 1 is 0.968 bits per heavy atom. The lowest BCUT2D eigenvalue weighted by Gasteiger charge is -2.22. The molecule has 31 heavy (non-hydrogen) atoms. The normalized spacial score (nSPS) is 15.2. The molecule has 8 heteroatoms. The number of carbonyl (C=O) groups is 3. The van der Waals surface area contributed by atoms with E-state index in [9.17, 15) is 19.5 Å². The lowest BCUT2D eigenvalue weighted by molar-refractivity contribution is -0.145. The molecule has 2 aromatic rings. The highest BCUT2D eigenvalue weighted by Crippen LogP contribution is 2.44. The van der Waals surface area contributed by atoms with E-state index in [-0.39, 0.29) is 12.5 Å². The highest BCUT2D eigenvalue weighted by atomic mass is 16.5. The van der Waals surface area contributed by atoms with Crippen molar-refractivity contribution in [3.05, 3.63) is 59.7 Å². The molecule has 0 heterocycles. The molecule has 0 bridgehead atoms. The zero-order valence-electron chi connectivity index (χ0n) is 17.6. The van der Waals surface area contributed by atoms with Crippen molar-refractivity contribution in [2.24, 2.45) is 0 Å². The summed E-state index contributed by atoms with van der Waals surface area (Å²) in [6.45, 7) is 3.10. The third kappa shape index (κ3) is 4.86. The molecule has 3 rings (SSSR count). The quantitative estimate of drug-likeness (QED) is 0.598. The molecule has 164 valence electrons. The molecule has 0 unspecified atom stereocenters. The van der Waals surface area contributed by atoms with E-state index in [1.165, 1.54) is 21.0 Å². The summed E-state index contributed by atoms with van der Waals surface area (Å²) in [6.07, 6.45) is -1.49. The Hall–Kier alpha value is -3.39. The Labute approximate surface area is 180 Å². The number of carboxylic acids is 1. The van der Waals surface area contributed by atoms with E-state index in [0.29, 0.717) is 0 Å². The van der Waals surface area contributed by atoms with Gasteiger partial charge in [-0.05, 0) is 36.1 Å². The van der Waals surface area contributed by atoms with Crippen LogP contribution in [-0.2, 0) is 19.1 Å². The fraction of sp³-hybridized carbons (Fsp3) is 0.348. The van der Waals surface area contributed by atoms with Gasteiger partial charge in [0.2, 0.25) is 5.91 Å². The molecule has 0 fully saturated rings. The number of benzene rings is 2. The van der Waals surface area contributed by atoms with E-state index in [4.69, 9.17) is 9.47 Å². The predicted octanol–water partition coefficient (Wildman–Crippen LogP) is 2.52. The van der Waals surface area contributed by atoms with Gasteiger partial charge in [0, 0.05) is 13.0 Å². The van der Waals surface area contributed by atoms with Gasteiger partial charge in [-0.3, -0.25) is 4.79 Å². The van der Waals surface area contributed by atoms with Crippen molar-refractivity contribution < 1.29 is 29.0 Å². The summed E-state index contributed by atoms with van der Waals surface area (Å²) >= 11 is 0. The fourth-order valence-corrected chi connectivity index (χ4v) is 3.68. The van der Waals surface area contributed by atoms with Gasteiger partial charge in [-0.1, -0.05) is 48.5 Å². The van der Waals surface area contributed by atoms with Gasteiger partial charge in [-0.2, -0.15) is 0 Å². The summed E-state index contributed by atoms with van der Waals surface area (Å²) in [6, 6.07) is 13.7. The van der Waals surface area contributed by atoms with E-state index in [1.54, 1.807) is 0 Å². The number of rotatable bonds is 8. The molecule has 3 N–H and O–H groups in total. The minimum Gasteiger partial charge on any atom is -0.480 e. The SMILES string of the molecule is CO[C@H](C)[C@H](NC(=O)[C@H](C)NC(=O)OCC1c2ccccc2-c2ccccc21)C(=O)O. The van der Waals surface area contributed by atoms with Crippen LogP contribution in [0.5, 0.6) is 0 Å². The predicted molar refractivity (Wildman–Crippen MR) is 114 cm³/mol. The minimum absolute atomic E-state index is 0.0961. The highest BCUT2D eigenvalue weighted by Gasteiger charge is 2.31. The molecule has 2 amide bonds. The first kappa shape index (κ1) is 22.3. The van der Waals surface area contributed by atoms with Crippen LogP contribution in [0.1, 0.15) is 30.9 Å². The molecule has 3 atom stereocenters. The van der Waals surface area contributed by atoms with Crippen molar-refractivity contribution >= 4 is 18.0 Å². The van der Waals surface area contributed by atoms with Gasteiger partial charge in [0.25, 0.3) is 0 Å². The van der Waals surface area contributed by atoms with Crippen LogP contribution >= 0.6 is 0 Å². The largest absolute Gasteiger partial charge is 0.480 e. The molecular formula is C23H26N2O6. The van der Waals surface area contributed by atoms with Crippen molar-refractivity contribution in [1.82, 2.24) is 10.6 Å². The van der Waals surface area contributed by atoms with Crippen LogP contribution in [0.4, 0.5) is 4.79 Å². The molecule has 2 aromatic carbocycles. The molecule has 0 aromatic heterocycles. The summed E-state index contributed by atoms with van der Waals surface area (Å²) in [4.78, 5) is 35.9. The van der Waals surface area contributed by atoms with Crippen LogP contribution in [0.2, 0.25) is 0 Å². The van der Waals surface area contributed by atoms with Crippen LogP contribution in [0, 0.1) is 0 Å². The molecule has 0 saturated heterocycles. The van der Waals surface area contributed by atoms with Crippen LogP contribution in [0.25, 0.3) is 11.1 Å². The first-order valence-electron chi connectivity index (χ1n) is 10.0. The Balaban J connectivity index is 1.59. The van der Waals surface area contributed by atoms with Gasteiger partial charge < -0.3 is 25.2 Å². The third-order valence-corrected chi connectivity index (χ3v) is 5.48.